The van der Waals surface area contributed by atoms with Crippen molar-refractivity contribution in [3.05, 3.63) is 35.0 Å². The average Bonchev–Trinajstić information content (AvgIpc) is 2.70. The predicted octanol–water partition coefficient (Wildman–Crippen LogP) is 2.96. The van der Waals surface area contributed by atoms with Crippen LogP contribution in [0.5, 0.6) is 0 Å². The third-order valence-electron chi connectivity index (χ3n) is 3.29. The van der Waals surface area contributed by atoms with Crippen LogP contribution in [0.1, 0.15) is 42.4 Å². The number of anilines is 1. The summed E-state index contributed by atoms with van der Waals surface area (Å²) in [6.45, 7) is 8.26. The summed E-state index contributed by atoms with van der Waals surface area (Å²) < 4.78 is 0. The molecule has 4 N–H and O–H groups in total. The second kappa shape index (κ2) is 4.67. The third kappa shape index (κ3) is 2.52. The van der Waals surface area contributed by atoms with Crippen LogP contribution < -0.4 is 5.73 Å². The summed E-state index contributed by atoms with van der Waals surface area (Å²) in [6.07, 6.45) is 0. The largest absolute Gasteiger partial charge is 0.477 e. The molecule has 1 aromatic carbocycles. The minimum atomic E-state index is -1.07. The number of rotatable bonds is 2. The van der Waals surface area contributed by atoms with E-state index in [1.165, 1.54) is 0 Å². The molecule has 5 nitrogen and oxygen atoms in total. The Morgan fingerprint density at radius 2 is 2.00 bits per heavy atom. The van der Waals surface area contributed by atoms with Gasteiger partial charge in [-0.15, -0.1) is 0 Å². The number of nitrogens with zero attached hydrogens (tertiary/aromatic N) is 1. The molecule has 0 saturated heterocycles. The molecule has 1 aromatic heterocycles. The minimum Gasteiger partial charge on any atom is -0.477 e. The van der Waals surface area contributed by atoms with Gasteiger partial charge < -0.3 is 15.8 Å². The van der Waals surface area contributed by atoms with Crippen LogP contribution in [-0.2, 0) is 5.41 Å². The first-order chi connectivity index (χ1) is 9.20. The molecule has 1 heterocycles. The minimum absolute atomic E-state index is 0.0202. The highest BCUT2D eigenvalue weighted by atomic mass is 16.4. The van der Waals surface area contributed by atoms with Crippen molar-refractivity contribution in [3.63, 3.8) is 0 Å². The molecule has 0 saturated carbocycles. The zero-order valence-electron chi connectivity index (χ0n) is 12.1. The number of aromatic nitrogens is 2. The Labute approximate surface area is 117 Å². The van der Waals surface area contributed by atoms with E-state index in [0.717, 1.165) is 16.7 Å². The number of benzene rings is 1. The van der Waals surface area contributed by atoms with Crippen molar-refractivity contribution in [3.8, 4) is 11.3 Å². The molecule has 0 bridgehead atoms. The van der Waals surface area contributed by atoms with Gasteiger partial charge in [-0.05, 0) is 29.5 Å². The van der Waals surface area contributed by atoms with Crippen molar-refractivity contribution in [1.82, 2.24) is 9.97 Å². The van der Waals surface area contributed by atoms with Crippen LogP contribution in [0.15, 0.2) is 18.2 Å². The van der Waals surface area contributed by atoms with Crippen molar-refractivity contribution < 1.29 is 9.90 Å². The molecule has 0 aliphatic heterocycles. The van der Waals surface area contributed by atoms with Gasteiger partial charge in [0.05, 0.1) is 0 Å². The van der Waals surface area contributed by atoms with Gasteiger partial charge in [-0.2, -0.15) is 0 Å². The Morgan fingerprint density at radius 1 is 1.35 bits per heavy atom. The van der Waals surface area contributed by atoms with Crippen LogP contribution in [0.25, 0.3) is 11.3 Å². The number of nitrogen functional groups attached to an aromatic ring is 1. The van der Waals surface area contributed by atoms with E-state index in [0.29, 0.717) is 5.69 Å². The second-order valence-corrected chi connectivity index (χ2v) is 5.93. The van der Waals surface area contributed by atoms with E-state index in [-0.39, 0.29) is 17.1 Å². The normalized spacial score (nSPS) is 11.6. The maximum absolute atomic E-state index is 11.3. The van der Waals surface area contributed by atoms with Crippen molar-refractivity contribution >= 4 is 11.9 Å². The lowest BCUT2D eigenvalue weighted by molar-refractivity contribution is 0.0692. The molecule has 2 rings (SSSR count). The Kier molecular flexibility index (Phi) is 3.29. The molecule has 0 spiro atoms. The smallest absolute Gasteiger partial charge is 0.354 e. The first-order valence-corrected chi connectivity index (χ1v) is 6.40. The van der Waals surface area contributed by atoms with Crippen LogP contribution >= 0.6 is 0 Å². The van der Waals surface area contributed by atoms with Gasteiger partial charge in [-0.1, -0.05) is 32.9 Å². The topological polar surface area (TPSA) is 92.0 Å². The number of hydrogen-bond donors (Lipinski definition) is 3. The number of nitrogens with two attached hydrogens (primary N) is 1. The Bertz CT molecular complexity index is 666. The fourth-order valence-corrected chi connectivity index (χ4v) is 2.08. The Balaban J connectivity index is 2.66. The maximum atomic E-state index is 11.3. The second-order valence-electron chi connectivity index (χ2n) is 5.93. The van der Waals surface area contributed by atoms with Crippen LogP contribution in [0.3, 0.4) is 0 Å². The molecule has 0 radical (unpaired) electrons. The molecule has 0 fully saturated rings. The molecule has 2 aromatic rings. The highest BCUT2D eigenvalue weighted by Gasteiger charge is 2.21. The van der Waals surface area contributed by atoms with E-state index < -0.39 is 5.97 Å². The van der Waals surface area contributed by atoms with Crippen LogP contribution in [0.2, 0.25) is 0 Å². The standard InChI is InChI=1S/C15H19N3O2/c1-8-5-6-9(15(2,3)4)7-10(8)11-12(13(19)20)18-14(16)17-11/h5-7H,1-4H3,(H,19,20)(H3,16,17,18). The van der Waals surface area contributed by atoms with Gasteiger partial charge in [0, 0.05) is 5.56 Å². The SMILES string of the molecule is Cc1ccc(C(C)(C)C)cc1-c1nc(N)[nH]c1C(=O)O. The van der Waals surface area contributed by atoms with Gasteiger partial charge in [-0.25, -0.2) is 9.78 Å². The van der Waals surface area contributed by atoms with Gasteiger partial charge in [0.15, 0.2) is 11.6 Å². The highest BCUT2D eigenvalue weighted by molar-refractivity contribution is 5.94. The molecule has 5 heteroatoms. The monoisotopic (exact) mass is 273 g/mol. The molecule has 20 heavy (non-hydrogen) atoms. The number of hydrogen-bond acceptors (Lipinski definition) is 3. The van der Waals surface area contributed by atoms with E-state index in [1.807, 2.05) is 19.1 Å². The predicted molar refractivity (Wildman–Crippen MR) is 78.8 cm³/mol. The molecule has 0 atom stereocenters. The zero-order chi connectivity index (χ0) is 15.1. The number of carbonyl (C=O) groups is 1. The van der Waals surface area contributed by atoms with Gasteiger partial charge in [-0.3, -0.25) is 0 Å². The zero-order valence-corrected chi connectivity index (χ0v) is 12.1. The van der Waals surface area contributed by atoms with E-state index in [1.54, 1.807) is 0 Å². The Hall–Kier alpha value is -2.30. The number of nitrogens with one attached hydrogen (secondary N) is 1. The van der Waals surface area contributed by atoms with Gasteiger partial charge in [0.2, 0.25) is 0 Å². The maximum Gasteiger partial charge on any atom is 0.354 e. The summed E-state index contributed by atoms with van der Waals surface area (Å²) in [5.41, 5.74) is 8.87. The van der Waals surface area contributed by atoms with Crippen LogP contribution in [-0.4, -0.2) is 21.0 Å². The van der Waals surface area contributed by atoms with Crippen molar-refractivity contribution in [2.24, 2.45) is 0 Å². The summed E-state index contributed by atoms with van der Waals surface area (Å²) >= 11 is 0. The van der Waals surface area contributed by atoms with E-state index in [9.17, 15) is 9.90 Å². The lowest BCUT2D eigenvalue weighted by Crippen LogP contribution is -2.11. The van der Waals surface area contributed by atoms with Crippen LogP contribution in [0, 0.1) is 6.92 Å². The quantitative estimate of drug-likeness (QED) is 0.784. The Morgan fingerprint density at radius 3 is 2.55 bits per heavy atom. The van der Waals surface area contributed by atoms with E-state index in [2.05, 4.69) is 36.8 Å². The first kappa shape index (κ1) is 14.1. The number of H-pyrrole nitrogens is 1. The lowest BCUT2D eigenvalue weighted by atomic mass is 9.85. The van der Waals surface area contributed by atoms with Crippen molar-refractivity contribution in [2.75, 3.05) is 5.73 Å². The molecule has 0 aliphatic rings. The van der Waals surface area contributed by atoms with E-state index >= 15 is 0 Å². The third-order valence-corrected chi connectivity index (χ3v) is 3.29. The molecule has 0 aliphatic carbocycles. The first-order valence-electron chi connectivity index (χ1n) is 6.40. The fraction of sp³-hybridized carbons (Fsp3) is 0.333. The summed E-state index contributed by atoms with van der Waals surface area (Å²) in [4.78, 5) is 18.0. The summed E-state index contributed by atoms with van der Waals surface area (Å²) in [5.74, 6) is -0.956. The summed E-state index contributed by atoms with van der Waals surface area (Å²) in [6, 6.07) is 6.01. The number of aromatic amines is 1. The molecule has 0 unspecified atom stereocenters. The molecule has 0 amide bonds. The summed E-state index contributed by atoms with van der Waals surface area (Å²) in [7, 11) is 0. The lowest BCUT2D eigenvalue weighted by Gasteiger charge is -2.20. The number of imidazole rings is 1. The molecular formula is C15H19N3O2. The molecular weight excluding hydrogens is 254 g/mol. The van der Waals surface area contributed by atoms with E-state index in [4.69, 9.17) is 5.73 Å². The van der Waals surface area contributed by atoms with Gasteiger partial charge >= 0.3 is 5.97 Å². The average molecular weight is 273 g/mol. The number of carboxylic acid groups (broad SMARTS) is 1. The van der Waals surface area contributed by atoms with Crippen molar-refractivity contribution in [2.45, 2.75) is 33.1 Å². The fourth-order valence-electron chi connectivity index (χ4n) is 2.08. The highest BCUT2D eigenvalue weighted by Crippen LogP contribution is 2.31. The number of aromatic carboxylic acids is 1. The summed E-state index contributed by atoms with van der Waals surface area (Å²) in [5, 5.41) is 9.23. The number of aryl methyl sites for hydroxylation is 1. The van der Waals surface area contributed by atoms with Crippen molar-refractivity contribution in [1.29, 1.82) is 0 Å². The van der Waals surface area contributed by atoms with Gasteiger partial charge in [0.25, 0.3) is 0 Å². The number of carboxylic acids is 1. The van der Waals surface area contributed by atoms with Crippen LogP contribution in [0.4, 0.5) is 5.95 Å². The molecule has 106 valence electrons. The van der Waals surface area contributed by atoms with Gasteiger partial charge in [0.1, 0.15) is 5.69 Å².